The summed E-state index contributed by atoms with van der Waals surface area (Å²) in [6, 6.07) is 0. The van der Waals surface area contributed by atoms with Crippen molar-refractivity contribution in [2.45, 2.75) is 64.0 Å². The van der Waals surface area contributed by atoms with E-state index in [1.54, 1.807) is 7.11 Å². The van der Waals surface area contributed by atoms with Gasteiger partial charge >= 0.3 is 0 Å². The van der Waals surface area contributed by atoms with Gasteiger partial charge in [-0.05, 0) is 73.7 Å². The van der Waals surface area contributed by atoms with Gasteiger partial charge in [0, 0.05) is 39.4 Å². The van der Waals surface area contributed by atoms with Crippen molar-refractivity contribution in [3.63, 3.8) is 0 Å². The van der Waals surface area contributed by atoms with Gasteiger partial charge in [-0.15, -0.1) is 0 Å². The molecule has 7 heteroatoms. The number of aliphatic hydroxyl groups is 1. The molecule has 6 rings (SSSR count). The van der Waals surface area contributed by atoms with Gasteiger partial charge in [-0.2, -0.15) is 0 Å². The van der Waals surface area contributed by atoms with Crippen LogP contribution < -0.4 is 5.32 Å². The zero-order valence-electron chi connectivity index (χ0n) is 18.0. The first-order valence-electron chi connectivity index (χ1n) is 11.5. The number of aromatic nitrogens is 2. The number of β-amino-alcohol motifs (C(OH)–C–C–N with tert-alkyl or cyclic N) is 1. The van der Waals surface area contributed by atoms with E-state index in [4.69, 9.17) is 4.74 Å². The zero-order valence-corrected chi connectivity index (χ0v) is 18.0. The Morgan fingerprint density at radius 2 is 2.00 bits per heavy atom. The van der Waals surface area contributed by atoms with E-state index in [9.17, 15) is 9.90 Å². The standard InChI is InChI=1S/C23H34N4O3/c1-30-14-19(28)12-27-3-2-18-11-24-22(25-20(18)13-27)26-21(29)10-23-7-15-4-16(8-23)6-17(5-15)9-23/h11,15-17,19,28H,2-10,12-14H2,1H3,(H,24,25,26,29). The highest BCUT2D eigenvalue weighted by atomic mass is 16.5. The number of nitrogens with zero attached hydrogens (tertiary/aromatic N) is 3. The smallest absolute Gasteiger partial charge is 0.229 e. The average molecular weight is 415 g/mol. The molecule has 0 saturated heterocycles. The van der Waals surface area contributed by atoms with E-state index in [0.717, 1.165) is 42.0 Å². The zero-order chi connectivity index (χ0) is 20.7. The predicted molar refractivity (Wildman–Crippen MR) is 113 cm³/mol. The Labute approximate surface area is 178 Å². The lowest BCUT2D eigenvalue weighted by atomic mass is 9.49. The quantitative estimate of drug-likeness (QED) is 0.712. The molecule has 0 aromatic carbocycles. The van der Waals surface area contributed by atoms with Gasteiger partial charge in [-0.25, -0.2) is 9.97 Å². The van der Waals surface area contributed by atoms with Gasteiger partial charge < -0.3 is 9.84 Å². The van der Waals surface area contributed by atoms with Gasteiger partial charge in [0.2, 0.25) is 11.9 Å². The molecule has 4 fully saturated rings. The molecule has 4 saturated carbocycles. The first-order valence-corrected chi connectivity index (χ1v) is 11.5. The van der Waals surface area contributed by atoms with Crippen molar-refractivity contribution in [1.29, 1.82) is 0 Å². The van der Waals surface area contributed by atoms with Crippen molar-refractivity contribution >= 4 is 11.9 Å². The second kappa shape index (κ2) is 8.17. The number of fused-ring (bicyclic) bond motifs is 1. The van der Waals surface area contributed by atoms with E-state index in [0.29, 0.717) is 32.1 Å². The normalized spacial score (nSPS) is 33.3. The summed E-state index contributed by atoms with van der Waals surface area (Å²) in [5.74, 6) is 3.04. The number of carbonyl (C=O) groups is 1. The number of hydrogen-bond acceptors (Lipinski definition) is 6. The molecule has 1 aromatic heterocycles. The number of carbonyl (C=O) groups excluding carboxylic acids is 1. The maximum atomic E-state index is 12.9. The SMILES string of the molecule is COCC(O)CN1CCc2cnc(NC(=O)CC34CC5CC(CC(C5)C3)C4)nc2C1. The van der Waals surface area contributed by atoms with Crippen LogP contribution in [0.5, 0.6) is 0 Å². The fourth-order valence-corrected chi connectivity index (χ4v) is 7.13. The van der Waals surface area contributed by atoms with Crippen molar-refractivity contribution in [3.8, 4) is 0 Å². The van der Waals surface area contributed by atoms with Gasteiger partial charge in [0.15, 0.2) is 0 Å². The molecular weight excluding hydrogens is 380 g/mol. The van der Waals surface area contributed by atoms with E-state index >= 15 is 0 Å². The molecule has 30 heavy (non-hydrogen) atoms. The van der Waals surface area contributed by atoms with Crippen molar-refractivity contribution in [2.24, 2.45) is 23.2 Å². The molecular formula is C23H34N4O3. The van der Waals surface area contributed by atoms with Gasteiger partial charge in [0.05, 0.1) is 18.4 Å². The highest BCUT2D eigenvalue weighted by Gasteiger charge is 2.51. The Kier molecular flexibility index (Phi) is 5.54. The van der Waals surface area contributed by atoms with E-state index in [1.807, 2.05) is 6.20 Å². The first-order chi connectivity index (χ1) is 14.5. The Bertz CT molecular complexity index is 763. The number of aliphatic hydroxyl groups excluding tert-OH is 1. The minimum absolute atomic E-state index is 0.0695. The summed E-state index contributed by atoms with van der Waals surface area (Å²) in [7, 11) is 1.60. The number of hydrogen-bond donors (Lipinski definition) is 2. The van der Waals surface area contributed by atoms with Crippen LogP contribution in [0.25, 0.3) is 0 Å². The van der Waals surface area contributed by atoms with Crippen LogP contribution in [-0.4, -0.2) is 58.8 Å². The van der Waals surface area contributed by atoms with Crippen LogP contribution in [-0.2, 0) is 22.5 Å². The Morgan fingerprint density at radius 3 is 2.67 bits per heavy atom. The number of nitrogens with one attached hydrogen (secondary N) is 1. The molecule has 0 spiro atoms. The minimum Gasteiger partial charge on any atom is -0.389 e. The topological polar surface area (TPSA) is 87.6 Å². The Balaban J connectivity index is 1.20. The lowest BCUT2D eigenvalue weighted by Crippen LogP contribution is -2.47. The largest absolute Gasteiger partial charge is 0.389 e. The second-order valence-corrected chi connectivity index (χ2v) is 10.4. The first kappa shape index (κ1) is 20.3. The third kappa shape index (κ3) is 4.25. The molecule has 5 aliphatic rings. The molecule has 7 nitrogen and oxygen atoms in total. The maximum absolute atomic E-state index is 12.9. The predicted octanol–water partition coefficient (Wildman–Crippen LogP) is 2.39. The Morgan fingerprint density at radius 1 is 1.30 bits per heavy atom. The van der Waals surface area contributed by atoms with Gasteiger partial charge in [0.1, 0.15) is 0 Å². The van der Waals surface area contributed by atoms with Crippen LogP contribution in [0.1, 0.15) is 56.2 Å². The van der Waals surface area contributed by atoms with Crippen molar-refractivity contribution in [1.82, 2.24) is 14.9 Å². The summed E-state index contributed by atoms with van der Waals surface area (Å²) in [6.07, 6.45) is 10.7. The fourth-order valence-electron chi connectivity index (χ4n) is 7.13. The lowest BCUT2D eigenvalue weighted by molar-refractivity contribution is -0.124. The number of rotatable bonds is 7. The summed E-state index contributed by atoms with van der Waals surface area (Å²) < 4.78 is 5.03. The summed E-state index contributed by atoms with van der Waals surface area (Å²) in [6.45, 7) is 2.43. The molecule has 1 aliphatic heterocycles. The number of ether oxygens (including phenoxy) is 1. The van der Waals surface area contributed by atoms with Crippen LogP contribution in [0.3, 0.4) is 0 Å². The third-order valence-corrected chi connectivity index (χ3v) is 7.80. The van der Waals surface area contributed by atoms with Crippen molar-refractivity contribution in [2.75, 3.05) is 32.1 Å². The van der Waals surface area contributed by atoms with E-state index < -0.39 is 6.10 Å². The molecule has 4 aliphatic carbocycles. The molecule has 1 unspecified atom stereocenters. The van der Waals surface area contributed by atoms with E-state index in [-0.39, 0.29) is 11.3 Å². The maximum Gasteiger partial charge on any atom is 0.229 e. The number of anilines is 1. The van der Waals surface area contributed by atoms with Crippen LogP contribution in [0.4, 0.5) is 5.95 Å². The fraction of sp³-hybridized carbons (Fsp3) is 0.783. The molecule has 0 radical (unpaired) electrons. The third-order valence-electron chi connectivity index (χ3n) is 7.80. The van der Waals surface area contributed by atoms with Crippen LogP contribution in [0, 0.1) is 23.2 Å². The highest BCUT2D eigenvalue weighted by Crippen LogP contribution is 2.61. The molecule has 4 bridgehead atoms. The molecule has 1 amide bonds. The van der Waals surface area contributed by atoms with Crippen molar-refractivity contribution < 1.29 is 14.6 Å². The molecule has 2 N–H and O–H groups in total. The van der Waals surface area contributed by atoms with Crippen LogP contribution in [0.15, 0.2) is 6.20 Å². The van der Waals surface area contributed by atoms with E-state index in [1.165, 1.54) is 38.5 Å². The van der Waals surface area contributed by atoms with Gasteiger partial charge in [-0.3, -0.25) is 15.0 Å². The Hall–Kier alpha value is -1.57. The van der Waals surface area contributed by atoms with Crippen LogP contribution in [0.2, 0.25) is 0 Å². The number of methoxy groups -OCH3 is 1. The average Bonchev–Trinajstić information content (AvgIpc) is 2.66. The molecule has 1 atom stereocenters. The van der Waals surface area contributed by atoms with E-state index in [2.05, 4.69) is 20.2 Å². The lowest BCUT2D eigenvalue weighted by Gasteiger charge is -2.56. The highest BCUT2D eigenvalue weighted by molar-refractivity contribution is 5.89. The summed E-state index contributed by atoms with van der Waals surface area (Å²) >= 11 is 0. The van der Waals surface area contributed by atoms with Crippen molar-refractivity contribution in [3.05, 3.63) is 17.5 Å². The van der Waals surface area contributed by atoms with Gasteiger partial charge in [0.25, 0.3) is 0 Å². The number of amides is 1. The molecule has 1 aromatic rings. The minimum atomic E-state index is -0.502. The monoisotopic (exact) mass is 414 g/mol. The van der Waals surface area contributed by atoms with Crippen LogP contribution >= 0.6 is 0 Å². The summed E-state index contributed by atoms with van der Waals surface area (Å²) in [4.78, 5) is 24.1. The molecule has 164 valence electrons. The molecule has 2 heterocycles. The summed E-state index contributed by atoms with van der Waals surface area (Å²) in [5, 5.41) is 13.0. The second-order valence-electron chi connectivity index (χ2n) is 10.4. The summed E-state index contributed by atoms with van der Waals surface area (Å²) in [5.41, 5.74) is 2.30. The van der Waals surface area contributed by atoms with Gasteiger partial charge in [-0.1, -0.05) is 0 Å².